The third-order valence-electron chi connectivity index (χ3n) is 10.7. The summed E-state index contributed by atoms with van der Waals surface area (Å²) in [5.41, 5.74) is 10.6. The van der Waals surface area contributed by atoms with E-state index >= 15 is 0 Å². The van der Waals surface area contributed by atoms with Gasteiger partial charge in [-0.3, -0.25) is 0 Å². The molecule has 0 radical (unpaired) electrons. The van der Waals surface area contributed by atoms with Crippen molar-refractivity contribution < 1.29 is 32.6 Å². The van der Waals surface area contributed by atoms with Gasteiger partial charge >= 0.3 is 5.97 Å². The molecule has 0 aromatic rings. The molecule has 0 aliphatic carbocycles. The van der Waals surface area contributed by atoms with Crippen LogP contribution in [-0.4, -0.2) is 65.1 Å². The summed E-state index contributed by atoms with van der Waals surface area (Å²) in [6.45, 7) is 31.8. The molecule has 0 amide bonds. The van der Waals surface area contributed by atoms with E-state index in [2.05, 4.69) is 102 Å². The van der Waals surface area contributed by atoms with Crippen molar-refractivity contribution in [2.75, 3.05) is 6.54 Å². The molecule has 0 aromatic heterocycles. The second-order valence-corrected chi connectivity index (χ2v) is 27.1. The van der Waals surface area contributed by atoms with E-state index in [1.165, 1.54) is 6.08 Å². The first kappa shape index (κ1) is 50.7. The van der Waals surface area contributed by atoms with Crippen LogP contribution in [0.25, 0.3) is 10.4 Å². The van der Waals surface area contributed by atoms with Crippen LogP contribution in [0.3, 0.4) is 0 Å². The Hall–Kier alpha value is -3.49. The Kier molecular flexibility index (Phi) is 19.9. The Morgan fingerprint density at radius 2 is 1.38 bits per heavy atom. The SMILES string of the molecule is CC[Si](CC)(CC)O[C@@H](\C=C/C=C/C(C)=C/C=C/C=C/[C@@H](C)CN=[N+]=[N-])[C@H]1OC(C)(C)O[C@H]1[C@@H](/C=C/C=C(C)/C=C/C1=CC(=O)OC(C)(C)O1)O[Si](C)(C)C(C)(C)C. The standard InChI is InChI=1S/C46H73N3O7Si2/c1-16-58(17-2,18-3)56-40(29-23-22-26-35(4)25-20-19-21-27-37(6)34-48-49-47)43-42(53-46(12,13)54-43)39(55-57(14,15)44(7,8)9)30-24-28-36(5)31-32-38-33-41(50)52-45(10,11)51-38/h19-33,37,39-40,42-43H,16-18,34H2,1-15H3/b20-19+,26-22+,27-21+,29-23-,30-24+,32-31+,35-25+,36-28+/t37-,39-,40+,42+,43-/m1/s1. The Labute approximate surface area is 352 Å². The molecule has 0 aromatic carbocycles. The van der Waals surface area contributed by atoms with Crippen molar-refractivity contribution in [2.45, 2.75) is 162 Å². The maximum atomic E-state index is 12.0. The van der Waals surface area contributed by atoms with Crippen molar-refractivity contribution in [1.29, 1.82) is 0 Å². The average molecular weight is 836 g/mol. The lowest BCUT2D eigenvalue weighted by Gasteiger charge is -2.41. The molecule has 0 spiro atoms. The van der Waals surface area contributed by atoms with Gasteiger partial charge in [0.15, 0.2) is 22.4 Å². The fourth-order valence-electron chi connectivity index (χ4n) is 6.14. The zero-order valence-electron chi connectivity index (χ0n) is 38.1. The first-order valence-corrected chi connectivity index (χ1v) is 26.2. The number of hydrogen-bond donors (Lipinski definition) is 0. The molecule has 2 aliphatic rings. The molecule has 58 heavy (non-hydrogen) atoms. The Morgan fingerprint density at radius 1 is 0.828 bits per heavy atom. The second kappa shape index (κ2) is 22.8. The highest BCUT2D eigenvalue weighted by Gasteiger charge is 2.51. The first-order valence-electron chi connectivity index (χ1n) is 20.8. The largest absolute Gasteiger partial charge is 0.453 e. The van der Waals surface area contributed by atoms with E-state index in [1.54, 1.807) is 19.9 Å². The molecule has 12 heteroatoms. The van der Waals surface area contributed by atoms with E-state index in [1.807, 2.05) is 76.3 Å². The van der Waals surface area contributed by atoms with Crippen LogP contribution in [0.15, 0.2) is 113 Å². The van der Waals surface area contributed by atoms with Crippen molar-refractivity contribution in [1.82, 2.24) is 0 Å². The number of cyclic esters (lactones) is 1. The third-order valence-corrected chi connectivity index (χ3v) is 19.8. The van der Waals surface area contributed by atoms with Crippen LogP contribution in [0.4, 0.5) is 0 Å². The van der Waals surface area contributed by atoms with Gasteiger partial charge in [0.05, 0.1) is 18.3 Å². The van der Waals surface area contributed by atoms with E-state index in [-0.39, 0.29) is 17.1 Å². The van der Waals surface area contributed by atoms with Gasteiger partial charge in [0, 0.05) is 25.3 Å². The van der Waals surface area contributed by atoms with Crippen molar-refractivity contribution in [3.8, 4) is 0 Å². The Bertz CT molecular complexity index is 1680. The molecule has 0 saturated carbocycles. The zero-order valence-corrected chi connectivity index (χ0v) is 40.1. The molecule has 0 unspecified atom stereocenters. The summed E-state index contributed by atoms with van der Waals surface area (Å²) in [6, 6.07) is 2.99. The minimum Gasteiger partial charge on any atom is -0.453 e. The lowest BCUT2D eigenvalue weighted by Crippen LogP contribution is -2.52. The minimum absolute atomic E-state index is 0.0433. The number of carbonyl (C=O) groups excluding carboxylic acids is 1. The third kappa shape index (κ3) is 17.0. The summed E-state index contributed by atoms with van der Waals surface area (Å²) in [4.78, 5) is 14.9. The lowest BCUT2D eigenvalue weighted by atomic mass is 10.0. The molecule has 2 heterocycles. The molecule has 10 nitrogen and oxygen atoms in total. The average Bonchev–Trinajstić information content (AvgIpc) is 3.46. The minimum atomic E-state index is -2.30. The molecule has 322 valence electrons. The van der Waals surface area contributed by atoms with Gasteiger partial charge in [-0.15, -0.1) is 0 Å². The summed E-state index contributed by atoms with van der Waals surface area (Å²) < 4.78 is 39.0. The Balaban J connectivity index is 2.52. The van der Waals surface area contributed by atoms with E-state index in [4.69, 9.17) is 33.3 Å². The van der Waals surface area contributed by atoms with Gasteiger partial charge in [0.1, 0.15) is 18.0 Å². The number of esters is 1. The van der Waals surface area contributed by atoms with Gasteiger partial charge in [-0.25, -0.2) is 4.79 Å². The molecular weight excluding hydrogens is 763 g/mol. The van der Waals surface area contributed by atoms with Crippen molar-refractivity contribution in [3.05, 3.63) is 118 Å². The number of hydrogen-bond acceptors (Lipinski definition) is 8. The van der Waals surface area contributed by atoms with Crippen molar-refractivity contribution in [2.24, 2.45) is 11.0 Å². The normalized spacial score (nSPS) is 22.6. The van der Waals surface area contributed by atoms with E-state index < -0.39 is 52.5 Å². The predicted octanol–water partition coefficient (Wildman–Crippen LogP) is 12.7. The molecule has 0 N–H and O–H groups in total. The van der Waals surface area contributed by atoms with E-state index in [0.717, 1.165) is 29.3 Å². The van der Waals surface area contributed by atoms with Gasteiger partial charge in [-0.2, -0.15) is 0 Å². The van der Waals surface area contributed by atoms with Crippen molar-refractivity contribution >= 4 is 22.6 Å². The summed E-state index contributed by atoms with van der Waals surface area (Å²) in [5.74, 6) is -1.69. The lowest BCUT2D eigenvalue weighted by molar-refractivity contribution is -0.203. The molecule has 2 aliphatic heterocycles. The molecule has 1 saturated heterocycles. The fraction of sp³-hybridized carbons (Fsp3) is 0.587. The van der Waals surface area contributed by atoms with Gasteiger partial charge in [-0.1, -0.05) is 144 Å². The first-order chi connectivity index (χ1) is 27.0. The summed E-state index contributed by atoms with van der Waals surface area (Å²) in [5, 5.41) is 3.58. The number of carbonyl (C=O) groups is 1. The highest BCUT2D eigenvalue weighted by molar-refractivity contribution is 6.74. The Morgan fingerprint density at radius 3 is 1.95 bits per heavy atom. The number of allylic oxidation sites excluding steroid dienone is 13. The van der Waals surface area contributed by atoms with Crippen LogP contribution in [-0.2, 0) is 32.6 Å². The topological polar surface area (TPSA) is 121 Å². The van der Waals surface area contributed by atoms with Crippen LogP contribution in [0.2, 0.25) is 36.3 Å². The number of rotatable bonds is 21. The predicted molar refractivity (Wildman–Crippen MR) is 243 cm³/mol. The summed E-state index contributed by atoms with van der Waals surface area (Å²) in [7, 11) is -4.41. The fourth-order valence-corrected chi connectivity index (χ4v) is 10.2. The maximum absolute atomic E-state index is 12.0. The molecule has 0 bridgehead atoms. The number of ether oxygens (including phenoxy) is 4. The van der Waals surface area contributed by atoms with Crippen molar-refractivity contribution in [3.63, 3.8) is 0 Å². The van der Waals surface area contributed by atoms with Gasteiger partial charge in [0.25, 0.3) is 0 Å². The van der Waals surface area contributed by atoms with Crippen LogP contribution in [0.5, 0.6) is 0 Å². The second-order valence-electron chi connectivity index (χ2n) is 17.6. The van der Waals surface area contributed by atoms with Gasteiger partial charge < -0.3 is 27.8 Å². The molecule has 2 rings (SSSR count). The molecule has 1 fully saturated rings. The molecule has 5 atom stereocenters. The maximum Gasteiger partial charge on any atom is 0.337 e. The van der Waals surface area contributed by atoms with Crippen LogP contribution >= 0.6 is 0 Å². The smallest absolute Gasteiger partial charge is 0.337 e. The number of azide groups is 1. The summed E-state index contributed by atoms with van der Waals surface area (Å²) >= 11 is 0. The zero-order chi connectivity index (χ0) is 43.8. The van der Waals surface area contributed by atoms with E-state index in [9.17, 15) is 4.79 Å². The number of nitrogens with zero attached hydrogens (tertiary/aromatic N) is 3. The molecular formula is C46H73N3O7Si2. The summed E-state index contributed by atoms with van der Waals surface area (Å²) in [6.07, 6.45) is 27.7. The quantitative estimate of drug-likeness (QED) is 0.0282. The van der Waals surface area contributed by atoms with Gasteiger partial charge in [-0.05, 0) is 81.5 Å². The van der Waals surface area contributed by atoms with E-state index in [0.29, 0.717) is 12.3 Å². The van der Waals surface area contributed by atoms with Gasteiger partial charge in [0.2, 0.25) is 5.79 Å². The van der Waals surface area contributed by atoms with Crippen LogP contribution in [0.1, 0.15) is 90.0 Å². The van der Waals surface area contributed by atoms with Crippen LogP contribution in [0, 0.1) is 5.92 Å². The highest BCUT2D eigenvalue weighted by Crippen LogP contribution is 2.42. The van der Waals surface area contributed by atoms with Crippen LogP contribution < -0.4 is 0 Å². The monoisotopic (exact) mass is 835 g/mol. The highest BCUT2D eigenvalue weighted by atomic mass is 28.4.